The lowest BCUT2D eigenvalue weighted by molar-refractivity contribution is 0.341. The van der Waals surface area contributed by atoms with Crippen LogP contribution >= 0.6 is 15.9 Å². The Bertz CT molecular complexity index is 533. The van der Waals surface area contributed by atoms with Crippen LogP contribution in [-0.4, -0.2) is 14.0 Å². The molecule has 108 valence electrons. The molecule has 0 aliphatic carbocycles. The SMILES string of the molecule is CCC(CC)(CC)NS(=O)(=O)c1ccc(Br)cc1F. The van der Waals surface area contributed by atoms with E-state index in [4.69, 9.17) is 0 Å². The van der Waals surface area contributed by atoms with Crippen molar-refractivity contribution in [2.45, 2.75) is 50.5 Å². The topological polar surface area (TPSA) is 46.2 Å². The first-order valence-electron chi connectivity index (χ1n) is 6.29. The van der Waals surface area contributed by atoms with E-state index in [1.54, 1.807) is 0 Å². The molecule has 1 N–H and O–H groups in total. The number of halogens is 2. The lowest BCUT2D eigenvalue weighted by Crippen LogP contribution is -2.47. The molecule has 0 aliphatic heterocycles. The van der Waals surface area contributed by atoms with E-state index in [2.05, 4.69) is 20.7 Å². The summed E-state index contributed by atoms with van der Waals surface area (Å²) in [5, 5.41) is 0. The maximum atomic E-state index is 13.8. The summed E-state index contributed by atoms with van der Waals surface area (Å²) in [5.74, 6) is -0.751. The molecule has 0 unspecified atom stereocenters. The molecule has 0 bridgehead atoms. The Morgan fingerprint density at radius 3 is 2.16 bits per heavy atom. The molecule has 1 aromatic rings. The van der Waals surface area contributed by atoms with Crippen LogP contribution in [0.2, 0.25) is 0 Å². The van der Waals surface area contributed by atoms with Crippen LogP contribution < -0.4 is 4.72 Å². The summed E-state index contributed by atoms with van der Waals surface area (Å²) in [6.07, 6.45) is 1.99. The highest BCUT2D eigenvalue weighted by Crippen LogP contribution is 2.25. The van der Waals surface area contributed by atoms with Crippen LogP contribution in [0.15, 0.2) is 27.6 Å². The van der Waals surface area contributed by atoms with Crippen molar-refractivity contribution in [1.29, 1.82) is 0 Å². The molecule has 0 spiro atoms. The van der Waals surface area contributed by atoms with Gasteiger partial charge in [-0.05, 0) is 37.5 Å². The molecule has 19 heavy (non-hydrogen) atoms. The minimum Gasteiger partial charge on any atom is -0.207 e. The van der Waals surface area contributed by atoms with Crippen molar-refractivity contribution in [2.75, 3.05) is 0 Å². The minimum absolute atomic E-state index is 0.310. The summed E-state index contributed by atoms with van der Waals surface area (Å²) in [5.41, 5.74) is -0.516. The lowest BCUT2D eigenvalue weighted by atomic mass is 9.91. The number of sulfonamides is 1. The van der Waals surface area contributed by atoms with E-state index in [9.17, 15) is 12.8 Å². The van der Waals surface area contributed by atoms with Crippen molar-refractivity contribution in [3.05, 3.63) is 28.5 Å². The fourth-order valence-corrected chi connectivity index (χ4v) is 4.01. The van der Waals surface area contributed by atoms with Gasteiger partial charge in [-0.1, -0.05) is 36.7 Å². The molecule has 0 amide bonds. The average molecular weight is 352 g/mol. The first kappa shape index (κ1) is 16.6. The Balaban J connectivity index is 3.17. The molecule has 1 rings (SSSR count). The van der Waals surface area contributed by atoms with Crippen molar-refractivity contribution < 1.29 is 12.8 Å². The van der Waals surface area contributed by atoms with Crippen LogP contribution in [-0.2, 0) is 10.0 Å². The number of nitrogens with one attached hydrogen (secondary N) is 1. The predicted octanol–water partition coefficient (Wildman–Crippen LogP) is 3.84. The normalized spacial score (nSPS) is 12.7. The van der Waals surface area contributed by atoms with Gasteiger partial charge < -0.3 is 0 Å². The molecule has 0 heterocycles. The first-order chi connectivity index (χ1) is 8.80. The summed E-state index contributed by atoms with van der Waals surface area (Å²) < 4.78 is 41.5. The van der Waals surface area contributed by atoms with Crippen LogP contribution in [0, 0.1) is 5.82 Å². The van der Waals surface area contributed by atoms with Gasteiger partial charge in [-0.3, -0.25) is 0 Å². The quantitative estimate of drug-likeness (QED) is 0.846. The molecule has 3 nitrogen and oxygen atoms in total. The van der Waals surface area contributed by atoms with Crippen molar-refractivity contribution in [2.24, 2.45) is 0 Å². The highest BCUT2D eigenvalue weighted by Gasteiger charge is 2.31. The second-order valence-electron chi connectivity index (χ2n) is 4.52. The third-order valence-corrected chi connectivity index (χ3v) is 5.67. The lowest BCUT2D eigenvalue weighted by Gasteiger charge is -2.31. The largest absolute Gasteiger partial charge is 0.243 e. The van der Waals surface area contributed by atoms with Gasteiger partial charge in [0, 0.05) is 10.0 Å². The monoisotopic (exact) mass is 351 g/mol. The van der Waals surface area contributed by atoms with Crippen LogP contribution in [0.3, 0.4) is 0 Å². The van der Waals surface area contributed by atoms with Gasteiger partial charge in [-0.15, -0.1) is 0 Å². The van der Waals surface area contributed by atoms with E-state index < -0.39 is 21.4 Å². The number of benzene rings is 1. The summed E-state index contributed by atoms with van der Waals surface area (Å²) in [4.78, 5) is -0.310. The Kier molecular flexibility index (Phi) is 5.53. The van der Waals surface area contributed by atoms with Crippen LogP contribution in [0.5, 0.6) is 0 Å². The second-order valence-corrected chi connectivity index (χ2v) is 7.09. The van der Waals surface area contributed by atoms with E-state index in [0.717, 1.165) is 6.07 Å². The third kappa shape index (κ3) is 3.77. The molecule has 0 atom stereocenters. The third-order valence-electron chi connectivity index (χ3n) is 3.56. The zero-order valence-electron chi connectivity index (χ0n) is 11.3. The summed E-state index contributed by atoms with van der Waals surface area (Å²) in [6, 6.07) is 3.94. The van der Waals surface area contributed by atoms with Crippen molar-refractivity contribution >= 4 is 26.0 Å². The average Bonchev–Trinajstić information content (AvgIpc) is 2.35. The fraction of sp³-hybridized carbons (Fsp3) is 0.538. The zero-order chi connectivity index (χ0) is 14.7. The zero-order valence-corrected chi connectivity index (χ0v) is 13.7. The van der Waals surface area contributed by atoms with E-state index in [0.29, 0.717) is 23.7 Å². The maximum absolute atomic E-state index is 13.8. The molecule has 0 fully saturated rings. The van der Waals surface area contributed by atoms with E-state index in [1.807, 2.05) is 20.8 Å². The van der Waals surface area contributed by atoms with Gasteiger partial charge >= 0.3 is 0 Å². The summed E-state index contributed by atoms with van der Waals surface area (Å²) >= 11 is 3.11. The molecule has 1 aromatic carbocycles. The van der Waals surface area contributed by atoms with Crippen molar-refractivity contribution in [1.82, 2.24) is 4.72 Å². The van der Waals surface area contributed by atoms with E-state index >= 15 is 0 Å². The number of hydrogen-bond acceptors (Lipinski definition) is 2. The smallest absolute Gasteiger partial charge is 0.207 e. The Morgan fingerprint density at radius 2 is 1.74 bits per heavy atom. The second kappa shape index (κ2) is 6.33. The number of rotatable bonds is 6. The fourth-order valence-electron chi connectivity index (χ4n) is 2.00. The Morgan fingerprint density at radius 1 is 1.21 bits per heavy atom. The van der Waals surface area contributed by atoms with Crippen molar-refractivity contribution in [3.8, 4) is 0 Å². The highest BCUT2D eigenvalue weighted by molar-refractivity contribution is 9.10. The Labute approximate surface area is 122 Å². The van der Waals surface area contributed by atoms with Gasteiger partial charge in [0.1, 0.15) is 10.7 Å². The maximum Gasteiger partial charge on any atom is 0.243 e. The molecular formula is C13H19BrFNO2S. The molecule has 0 saturated carbocycles. The molecule has 6 heteroatoms. The molecule has 0 aliphatic rings. The minimum atomic E-state index is -3.85. The van der Waals surface area contributed by atoms with Gasteiger partial charge in [-0.2, -0.15) is 0 Å². The molecule has 0 saturated heterocycles. The summed E-state index contributed by atoms with van der Waals surface area (Å²) in [6.45, 7) is 5.77. The van der Waals surface area contributed by atoms with Crippen molar-refractivity contribution in [3.63, 3.8) is 0 Å². The predicted molar refractivity (Wildman–Crippen MR) is 78.0 cm³/mol. The van der Waals surface area contributed by atoms with Crippen LogP contribution in [0.4, 0.5) is 4.39 Å². The van der Waals surface area contributed by atoms with Gasteiger partial charge in [0.2, 0.25) is 10.0 Å². The molecule has 0 radical (unpaired) electrons. The first-order valence-corrected chi connectivity index (χ1v) is 8.57. The van der Waals surface area contributed by atoms with E-state index in [-0.39, 0.29) is 4.90 Å². The molecular weight excluding hydrogens is 333 g/mol. The number of hydrogen-bond donors (Lipinski definition) is 1. The van der Waals surface area contributed by atoms with Gasteiger partial charge in [0.25, 0.3) is 0 Å². The highest BCUT2D eigenvalue weighted by atomic mass is 79.9. The van der Waals surface area contributed by atoms with Gasteiger partial charge in [0.05, 0.1) is 0 Å². The summed E-state index contributed by atoms with van der Waals surface area (Å²) in [7, 11) is -3.85. The van der Waals surface area contributed by atoms with Gasteiger partial charge in [-0.25, -0.2) is 17.5 Å². The molecule has 0 aromatic heterocycles. The Hall–Kier alpha value is -0.460. The van der Waals surface area contributed by atoms with Crippen LogP contribution in [0.25, 0.3) is 0 Å². The standard InChI is InChI=1S/C13H19BrFNO2S/c1-4-13(5-2,6-3)16-19(17,18)12-8-7-10(14)9-11(12)15/h7-9,16H,4-6H2,1-3H3. The van der Waals surface area contributed by atoms with Crippen LogP contribution in [0.1, 0.15) is 40.0 Å². The van der Waals surface area contributed by atoms with Gasteiger partial charge in [0.15, 0.2) is 0 Å². The van der Waals surface area contributed by atoms with E-state index in [1.165, 1.54) is 12.1 Å².